The summed E-state index contributed by atoms with van der Waals surface area (Å²) >= 11 is 1.54. The van der Waals surface area contributed by atoms with Crippen molar-refractivity contribution in [2.45, 2.75) is 12.1 Å². The highest BCUT2D eigenvalue weighted by Crippen LogP contribution is 2.32. The van der Waals surface area contributed by atoms with Gasteiger partial charge in [-0.3, -0.25) is 4.79 Å². The fourth-order valence-electron chi connectivity index (χ4n) is 2.72. The Hall–Kier alpha value is -2.67. The van der Waals surface area contributed by atoms with Crippen LogP contribution in [0.5, 0.6) is 0 Å². The summed E-state index contributed by atoms with van der Waals surface area (Å²) in [5.74, 6) is 2.00. The normalized spacial score (nSPS) is 15.1. The highest BCUT2D eigenvalue weighted by molar-refractivity contribution is 7.99. The maximum atomic E-state index is 12.3. The van der Waals surface area contributed by atoms with E-state index in [2.05, 4.69) is 20.3 Å². The number of carbonyl (C=O) groups excluding carboxylic acids is 1. The van der Waals surface area contributed by atoms with Gasteiger partial charge >= 0.3 is 0 Å². The second-order valence-electron chi connectivity index (χ2n) is 5.38. The number of imidazole rings is 1. The third-order valence-corrected chi connectivity index (χ3v) is 4.65. The van der Waals surface area contributed by atoms with E-state index in [0.29, 0.717) is 22.1 Å². The number of nitrogens with one attached hydrogen (secondary N) is 1. The molecule has 120 valence electrons. The van der Waals surface area contributed by atoms with Crippen LogP contribution >= 0.6 is 11.8 Å². The molecule has 3 heterocycles. The highest BCUT2D eigenvalue weighted by Gasteiger charge is 2.27. The Morgan fingerprint density at radius 1 is 1.29 bits per heavy atom. The molecule has 0 spiro atoms. The van der Waals surface area contributed by atoms with E-state index < -0.39 is 0 Å². The number of benzene rings is 1. The van der Waals surface area contributed by atoms with E-state index in [1.54, 1.807) is 24.0 Å². The molecule has 2 aromatic heterocycles. The molecule has 0 atom stereocenters. The Labute approximate surface area is 143 Å². The van der Waals surface area contributed by atoms with Gasteiger partial charge in [-0.1, -0.05) is 30.8 Å². The Morgan fingerprint density at radius 2 is 2.12 bits per heavy atom. The molecule has 24 heavy (non-hydrogen) atoms. The Balaban J connectivity index is 1.80. The van der Waals surface area contributed by atoms with E-state index in [1.807, 2.05) is 42.8 Å². The fraction of sp³-hybridized carbons (Fsp3) is 0.176. The first-order chi connectivity index (χ1) is 11.7. The van der Waals surface area contributed by atoms with Crippen LogP contribution in [0.1, 0.15) is 18.3 Å². The molecule has 3 aromatic rings. The van der Waals surface area contributed by atoms with Gasteiger partial charge in [-0.2, -0.15) is 0 Å². The lowest BCUT2D eigenvalue weighted by molar-refractivity contribution is -0.110. The number of anilines is 1. The van der Waals surface area contributed by atoms with Gasteiger partial charge in [0, 0.05) is 18.8 Å². The summed E-state index contributed by atoms with van der Waals surface area (Å²) in [4.78, 5) is 25.7. The third-order valence-electron chi connectivity index (χ3n) is 3.90. The number of para-hydroxylation sites is 2. The second kappa shape index (κ2) is 5.76. The Bertz CT molecular complexity index is 992. The fourth-order valence-corrected chi connectivity index (χ4v) is 3.26. The van der Waals surface area contributed by atoms with E-state index in [1.165, 1.54) is 0 Å². The van der Waals surface area contributed by atoms with Crippen LogP contribution in [0.4, 0.5) is 5.82 Å². The summed E-state index contributed by atoms with van der Waals surface area (Å²) in [5, 5.41) is 3.48. The van der Waals surface area contributed by atoms with E-state index in [4.69, 9.17) is 0 Å². The molecule has 1 aromatic carbocycles. The van der Waals surface area contributed by atoms with Crippen LogP contribution in [0.15, 0.2) is 35.6 Å². The molecule has 1 aliphatic heterocycles. The minimum absolute atomic E-state index is 0.176. The molecule has 0 saturated carbocycles. The van der Waals surface area contributed by atoms with Crippen LogP contribution in [0, 0.1) is 0 Å². The summed E-state index contributed by atoms with van der Waals surface area (Å²) in [5.41, 5.74) is 3.18. The van der Waals surface area contributed by atoms with E-state index in [-0.39, 0.29) is 5.91 Å². The molecule has 7 heteroatoms. The molecule has 0 fully saturated rings. The van der Waals surface area contributed by atoms with Crippen molar-refractivity contribution >= 4 is 46.2 Å². The first-order valence-electron chi connectivity index (χ1n) is 7.62. The Kier molecular flexibility index (Phi) is 3.57. The number of rotatable bonds is 3. The SMILES string of the molecule is CCSc1ncc2c(n1)NC(=O)C2=Cc1nc2ccccc2n1C. The number of hydrogen-bond donors (Lipinski definition) is 1. The largest absolute Gasteiger partial charge is 0.328 e. The summed E-state index contributed by atoms with van der Waals surface area (Å²) < 4.78 is 1.97. The molecule has 4 rings (SSSR count). The average molecular weight is 337 g/mol. The van der Waals surface area contributed by atoms with Gasteiger partial charge in [0.25, 0.3) is 5.91 Å². The van der Waals surface area contributed by atoms with E-state index in [0.717, 1.165) is 22.6 Å². The minimum atomic E-state index is -0.176. The number of carbonyl (C=O) groups is 1. The van der Waals surface area contributed by atoms with Gasteiger partial charge in [-0.15, -0.1) is 0 Å². The molecule has 0 radical (unpaired) electrons. The molecule has 0 saturated heterocycles. The summed E-state index contributed by atoms with van der Waals surface area (Å²) in [7, 11) is 1.94. The number of aryl methyl sites for hydroxylation is 1. The zero-order valence-corrected chi connectivity index (χ0v) is 14.1. The standard InChI is InChI=1S/C17H15N5OS/c1-3-24-17-18-9-11-10(16(23)20-15(11)21-17)8-14-19-12-6-4-5-7-13(12)22(14)2/h4-9H,3H2,1-2H3,(H,18,20,21,23). The molecular weight excluding hydrogens is 322 g/mol. The van der Waals surface area contributed by atoms with Crippen LogP contribution in [0.25, 0.3) is 22.7 Å². The molecule has 0 bridgehead atoms. The van der Waals surface area contributed by atoms with Gasteiger partial charge in [-0.05, 0) is 24.0 Å². The predicted molar refractivity (Wildman–Crippen MR) is 95.6 cm³/mol. The molecule has 0 aliphatic carbocycles. The van der Waals surface area contributed by atoms with Crippen LogP contribution in [-0.2, 0) is 11.8 Å². The van der Waals surface area contributed by atoms with Crippen LogP contribution in [0.3, 0.4) is 0 Å². The zero-order valence-electron chi connectivity index (χ0n) is 13.3. The van der Waals surface area contributed by atoms with Crippen molar-refractivity contribution in [2.75, 3.05) is 11.1 Å². The van der Waals surface area contributed by atoms with Crippen molar-refractivity contribution in [1.82, 2.24) is 19.5 Å². The zero-order chi connectivity index (χ0) is 16.7. The number of thioether (sulfide) groups is 1. The number of aromatic nitrogens is 4. The third kappa shape index (κ3) is 2.37. The number of amides is 1. The van der Waals surface area contributed by atoms with Gasteiger partial charge < -0.3 is 9.88 Å². The highest BCUT2D eigenvalue weighted by atomic mass is 32.2. The van der Waals surface area contributed by atoms with Crippen molar-refractivity contribution < 1.29 is 4.79 Å². The van der Waals surface area contributed by atoms with Crippen molar-refractivity contribution in [3.63, 3.8) is 0 Å². The summed E-state index contributed by atoms with van der Waals surface area (Å²) in [6.45, 7) is 2.04. The molecule has 1 N–H and O–H groups in total. The van der Waals surface area contributed by atoms with Gasteiger partial charge in [-0.25, -0.2) is 15.0 Å². The minimum Gasteiger partial charge on any atom is -0.328 e. The van der Waals surface area contributed by atoms with Crippen LogP contribution < -0.4 is 5.32 Å². The topological polar surface area (TPSA) is 72.7 Å². The lowest BCUT2D eigenvalue weighted by Gasteiger charge is -2.01. The summed E-state index contributed by atoms with van der Waals surface area (Å²) in [6, 6.07) is 7.88. The average Bonchev–Trinajstić information content (AvgIpc) is 3.06. The first kappa shape index (κ1) is 14.9. The van der Waals surface area contributed by atoms with Crippen LogP contribution in [0.2, 0.25) is 0 Å². The lowest BCUT2D eigenvalue weighted by Crippen LogP contribution is -2.05. The molecule has 1 aliphatic rings. The maximum Gasteiger partial charge on any atom is 0.257 e. The molecule has 6 nitrogen and oxygen atoms in total. The van der Waals surface area contributed by atoms with Crippen molar-refractivity contribution in [3.8, 4) is 0 Å². The van der Waals surface area contributed by atoms with E-state index >= 15 is 0 Å². The second-order valence-corrected chi connectivity index (χ2v) is 6.61. The van der Waals surface area contributed by atoms with Gasteiger partial charge in [0.1, 0.15) is 11.6 Å². The van der Waals surface area contributed by atoms with Gasteiger partial charge in [0.2, 0.25) is 0 Å². The van der Waals surface area contributed by atoms with E-state index in [9.17, 15) is 4.79 Å². The van der Waals surface area contributed by atoms with Gasteiger partial charge in [0.05, 0.1) is 16.6 Å². The predicted octanol–water partition coefficient (Wildman–Crippen LogP) is 2.97. The Morgan fingerprint density at radius 3 is 2.92 bits per heavy atom. The summed E-state index contributed by atoms with van der Waals surface area (Å²) in [6.07, 6.45) is 3.49. The number of fused-ring (bicyclic) bond motifs is 2. The van der Waals surface area contributed by atoms with Crippen LogP contribution in [-0.4, -0.2) is 31.2 Å². The monoisotopic (exact) mass is 337 g/mol. The maximum absolute atomic E-state index is 12.3. The molecule has 1 amide bonds. The smallest absolute Gasteiger partial charge is 0.257 e. The number of nitrogens with zero attached hydrogens (tertiary/aromatic N) is 4. The van der Waals surface area contributed by atoms with Crippen molar-refractivity contribution in [1.29, 1.82) is 0 Å². The van der Waals surface area contributed by atoms with Crippen molar-refractivity contribution in [3.05, 3.63) is 41.9 Å². The van der Waals surface area contributed by atoms with Gasteiger partial charge in [0.15, 0.2) is 5.16 Å². The number of hydrogen-bond acceptors (Lipinski definition) is 5. The van der Waals surface area contributed by atoms with Crippen molar-refractivity contribution in [2.24, 2.45) is 7.05 Å². The molecular formula is C17H15N5OS. The lowest BCUT2D eigenvalue weighted by atomic mass is 10.1. The first-order valence-corrected chi connectivity index (χ1v) is 8.60. The molecule has 0 unspecified atom stereocenters. The quantitative estimate of drug-likeness (QED) is 0.452.